The molecule has 21 heavy (non-hydrogen) atoms. The number of carboxylic acid groups (broad SMARTS) is 1. The van der Waals surface area contributed by atoms with E-state index in [2.05, 4.69) is 18.7 Å². The third kappa shape index (κ3) is 8.49. The average Bonchev–Trinajstić information content (AvgIpc) is 2.39. The summed E-state index contributed by atoms with van der Waals surface area (Å²) in [5.74, 6) is 0. The topological polar surface area (TPSA) is 81.3 Å². The van der Waals surface area contributed by atoms with E-state index in [1.54, 1.807) is 0 Å². The standard InChI is InChI=1S/C15H29NO3.ClH.H2O/c1-3-5-11-16(12-6-4-2)13-9-7-8-10-14(13)19-15(17)18;;/h13-14H,3-12H2,1-2H3,(H,17,18);1H;1H2/t13-,14-;;/m1../s1. The summed E-state index contributed by atoms with van der Waals surface area (Å²) in [6, 6.07) is 0.294. The molecule has 0 radical (unpaired) electrons. The smallest absolute Gasteiger partial charge is 0.450 e. The largest absolute Gasteiger partial charge is 0.506 e. The lowest BCUT2D eigenvalue weighted by molar-refractivity contribution is -0.0186. The van der Waals surface area contributed by atoms with Crippen LogP contribution in [-0.2, 0) is 4.74 Å². The van der Waals surface area contributed by atoms with Crippen molar-refractivity contribution < 1.29 is 20.1 Å². The Morgan fingerprint density at radius 3 is 2.14 bits per heavy atom. The molecule has 1 saturated carbocycles. The van der Waals surface area contributed by atoms with Gasteiger partial charge in [0, 0.05) is 6.04 Å². The van der Waals surface area contributed by atoms with Crippen LogP contribution in [-0.4, -0.2) is 46.9 Å². The minimum atomic E-state index is -1.12. The van der Waals surface area contributed by atoms with Gasteiger partial charge in [0.1, 0.15) is 6.10 Å². The number of rotatable bonds is 8. The first-order valence-electron chi connectivity index (χ1n) is 7.82. The van der Waals surface area contributed by atoms with Gasteiger partial charge in [-0.05, 0) is 45.2 Å². The second kappa shape index (κ2) is 13.2. The highest BCUT2D eigenvalue weighted by Crippen LogP contribution is 2.26. The maximum Gasteiger partial charge on any atom is 0.506 e. The van der Waals surface area contributed by atoms with E-state index in [1.807, 2.05) is 0 Å². The first kappa shape index (κ1) is 22.8. The van der Waals surface area contributed by atoms with E-state index in [9.17, 15) is 4.79 Å². The molecule has 0 aliphatic heterocycles. The highest BCUT2D eigenvalue weighted by atomic mass is 35.5. The van der Waals surface area contributed by atoms with E-state index in [-0.39, 0.29) is 24.0 Å². The number of hydrogen-bond donors (Lipinski definition) is 1. The third-order valence-electron chi connectivity index (χ3n) is 3.99. The molecular formula is C15H32ClNO4. The molecule has 1 aliphatic rings. The van der Waals surface area contributed by atoms with Crippen molar-refractivity contribution in [2.45, 2.75) is 77.4 Å². The van der Waals surface area contributed by atoms with Gasteiger partial charge in [0.05, 0.1) is 0 Å². The van der Waals surface area contributed by atoms with Crippen molar-refractivity contribution in [3.8, 4) is 0 Å². The average molecular weight is 326 g/mol. The van der Waals surface area contributed by atoms with Crippen molar-refractivity contribution in [1.29, 1.82) is 0 Å². The summed E-state index contributed by atoms with van der Waals surface area (Å²) >= 11 is 0. The summed E-state index contributed by atoms with van der Waals surface area (Å²) in [6.45, 7) is 6.54. The molecule has 0 bridgehead atoms. The zero-order valence-electron chi connectivity index (χ0n) is 13.3. The summed E-state index contributed by atoms with van der Waals surface area (Å²) in [7, 11) is 0. The fourth-order valence-corrected chi connectivity index (χ4v) is 2.93. The third-order valence-corrected chi connectivity index (χ3v) is 3.99. The van der Waals surface area contributed by atoms with Gasteiger partial charge in [-0.2, -0.15) is 0 Å². The van der Waals surface area contributed by atoms with E-state index in [4.69, 9.17) is 9.84 Å². The van der Waals surface area contributed by atoms with Crippen molar-refractivity contribution in [3.05, 3.63) is 0 Å². The van der Waals surface area contributed by atoms with Gasteiger partial charge in [-0.3, -0.25) is 4.90 Å². The molecule has 128 valence electrons. The molecule has 2 atom stereocenters. The second-order valence-electron chi connectivity index (χ2n) is 5.52. The van der Waals surface area contributed by atoms with Crippen molar-refractivity contribution in [2.24, 2.45) is 0 Å². The van der Waals surface area contributed by atoms with E-state index in [0.29, 0.717) is 6.04 Å². The Morgan fingerprint density at radius 2 is 1.67 bits per heavy atom. The van der Waals surface area contributed by atoms with Crippen LogP contribution in [0.3, 0.4) is 0 Å². The first-order chi connectivity index (χ1) is 9.19. The number of carbonyl (C=O) groups is 1. The molecule has 0 aromatic rings. The van der Waals surface area contributed by atoms with Crippen LogP contribution in [0.4, 0.5) is 4.79 Å². The van der Waals surface area contributed by atoms with Crippen molar-refractivity contribution >= 4 is 18.6 Å². The van der Waals surface area contributed by atoms with E-state index in [0.717, 1.165) is 32.4 Å². The van der Waals surface area contributed by atoms with Gasteiger partial charge < -0.3 is 15.3 Å². The van der Waals surface area contributed by atoms with Crippen LogP contribution in [0.2, 0.25) is 0 Å². The molecule has 6 heteroatoms. The normalized spacial score (nSPS) is 21.3. The van der Waals surface area contributed by atoms with Crippen molar-refractivity contribution in [1.82, 2.24) is 4.90 Å². The zero-order valence-corrected chi connectivity index (χ0v) is 14.2. The SMILES string of the molecule is CCCCN(CCCC)[C@@H]1CCCC[C@H]1OC(=O)O.Cl.O. The molecule has 5 nitrogen and oxygen atoms in total. The summed E-state index contributed by atoms with van der Waals surface area (Å²) < 4.78 is 5.12. The molecule has 0 spiro atoms. The van der Waals surface area contributed by atoms with Gasteiger partial charge in [0.15, 0.2) is 0 Å². The lowest BCUT2D eigenvalue weighted by Gasteiger charge is -2.39. The Labute approximate surface area is 134 Å². The summed E-state index contributed by atoms with van der Waals surface area (Å²) in [6.07, 6.45) is 7.71. The van der Waals surface area contributed by atoms with E-state index in [1.165, 1.54) is 32.1 Å². The first-order valence-corrected chi connectivity index (χ1v) is 7.82. The van der Waals surface area contributed by atoms with Crippen molar-refractivity contribution in [2.75, 3.05) is 13.1 Å². The van der Waals surface area contributed by atoms with Gasteiger partial charge in [0.25, 0.3) is 0 Å². The van der Waals surface area contributed by atoms with Gasteiger partial charge in [-0.25, -0.2) is 4.79 Å². The molecule has 1 aliphatic carbocycles. The molecule has 3 N–H and O–H groups in total. The molecule has 0 heterocycles. The van der Waals surface area contributed by atoms with Crippen LogP contribution in [0.1, 0.15) is 65.2 Å². The van der Waals surface area contributed by atoms with Crippen LogP contribution < -0.4 is 0 Å². The van der Waals surface area contributed by atoms with Crippen LogP contribution in [0, 0.1) is 0 Å². The Balaban J connectivity index is 0. The van der Waals surface area contributed by atoms with Crippen LogP contribution in [0.25, 0.3) is 0 Å². The molecule has 0 aromatic heterocycles. The Morgan fingerprint density at radius 1 is 1.14 bits per heavy atom. The predicted molar refractivity (Wildman–Crippen MR) is 87.4 cm³/mol. The molecular weight excluding hydrogens is 294 g/mol. The number of halogens is 1. The summed E-state index contributed by atoms with van der Waals surface area (Å²) in [4.78, 5) is 13.3. The number of nitrogens with zero attached hydrogens (tertiary/aromatic N) is 1. The predicted octanol–water partition coefficient (Wildman–Crippen LogP) is 3.49. The number of ether oxygens (including phenoxy) is 1. The minimum absolute atomic E-state index is 0. The molecule has 1 rings (SSSR count). The Hall–Kier alpha value is -0.520. The summed E-state index contributed by atoms with van der Waals surface area (Å²) in [5, 5.41) is 8.88. The lowest BCUT2D eigenvalue weighted by atomic mass is 9.90. The van der Waals surface area contributed by atoms with Crippen molar-refractivity contribution in [3.63, 3.8) is 0 Å². The second-order valence-corrected chi connectivity index (χ2v) is 5.52. The molecule has 0 unspecified atom stereocenters. The van der Waals surface area contributed by atoms with Crippen LogP contribution in [0.5, 0.6) is 0 Å². The molecule has 1 fully saturated rings. The highest BCUT2D eigenvalue weighted by molar-refractivity contribution is 5.85. The maximum atomic E-state index is 10.8. The number of hydrogen-bond acceptors (Lipinski definition) is 3. The molecule has 0 aromatic carbocycles. The fraction of sp³-hybridized carbons (Fsp3) is 0.933. The lowest BCUT2D eigenvalue weighted by Crippen LogP contribution is -2.48. The van der Waals surface area contributed by atoms with Crippen LogP contribution in [0.15, 0.2) is 0 Å². The molecule has 0 amide bonds. The fourth-order valence-electron chi connectivity index (χ4n) is 2.93. The Bertz CT molecular complexity index is 258. The zero-order chi connectivity index (χ0) is 14.1. The minimum Gasteiger partial charge on any atom is -0.450 e. The van der Waals surface area contributed by atoms with E-state index >= 15 is 0 Å². The van der Waals surface area contributed by atoms with Gasteiger partial charge in [-0.1, -0.05) is 33.1 Å². The number of unbranched alkanes of at least 4 members (excludes halogenated alkanes) is 2. The van der Waals surface area contributed by atoms with Gasteiger partial charge in [0.2, 0.25) is 0 Å². The monoisotopic (exact) mass is 325 g/mol. The maximum absolute atomic E-state index is 10.8. The molecule has 0 saturated heterocycles. The van der Waals surface area contributed by atoms with Gasteiger partial charge in [-0.15, -0.1) is 12.4 Å². The summed E-state index contributed by atoms with van der Waals surface area (Å²) in [5.41, 5.74) is 0. The van der Waals surface area contributed by atoms with Crippen LogP contribution >= 0.6 is 12.4 Å². The highest BCUT2D eigenvalue weighted by Gasteiger charge is 2.32. The van der Waals surface area contributed by atoms with E-state index < -0.39 is 6.16 Å². The van der Waals surface area contributed by atoms with Gasteiger partial charge >= 0.3 is 6.16 Å². The quantitative estimate of drug-likeness (QED) is 0.692. The Kier molecular flexibility index (Phi) is 14.3.